The van der Waals surface area contributed by atoms with Crippen LogP contribution in [0.1, 0.15) is 15.2 Å². The molecule has 0 aliphatic carbocycles. The van der Waals surface area contributed by atoms with Gasteiger partial charge >= 0.3 is 0 Å². The van der Waals surface area contributed by atoms with Gasteiger partial charge < -0.3 is 0 Å². The summed E-state index contributed by atoms with van der Waals surface area (Å²) in [5.74, 6) is 3.62. The Hall–Kier alpha value is 0.0700. The quantitative estimate of drug-likeness (QED) is 0.744. The Morgan fingerprint density at radius 2 is 2.36 bits per heavy atom. The third-order valence-corrected chi connectivity index (χ3v) is 5.74. The van der Waals surface area contributed by atoms with Crippen LogP contribution < -0.4 is 0 Å². The second-order valence-electron chi connectivity index (χ2n) is 3.24. The van der Waals surface area contributed by atoms with Gasteiger partial charge in [-0.2, -0.15) is 11.8 Å². The maximum absolute atomic E-state index is 12.0. The summed E-state index contributed by atoms with van der Waals surface area (Å²) in [6.45, 7) is 2.05. The first-order chi connectivity index (χ1) is 6.77. The molecule has 0 N–H and O–H groups in total. The SMILES string of the molecule is Cc1cc(C(=O)C2CSCCS2)cs1. The summed E-state index contributed by atoms with van der Waals surface area (Å²) in [5.41, 5.74) is 0.910. The van der Waals surface area contributed by atoms with Gasteiger partial charge in [0.25, 0.3) is 0 Å². The molecule has 4 heteroatoms. The predicted octanol–water partition coefficient (Wildman–Crippen LogP) is 3.09. The summed E-state index contributed by atoms with van der Waals surface area (Å²) in [6.07, 6.45) is 0. The van der Waals surface area contributed by atoms with Crippen LogP contribution in [0.5, 0.6) is 0 Å². The zero-order valence-electron chi connectivity index (χ0n) is 7.99. The Balaban J connectivity index is 2.07. The van der Waals surface area contributed by atoms with Crippen LogP contribution in [0, 0.1) is 6.92 Å². The smallest absolute Gasteiger partial charge is 0.177 e. The minimum absolute atomic E-state index is 0.197. The minimum Gasteiger partial charge on any atom is -0.293 e. The van der Waals surface area contributed by atoms with Gasteiger partial charge in [-0.3, -0.25) is 4.79 Å². The van der Waals surface area contributed by atoms with Crippen molar-refractivity contribution in [2.75, 3.05) is 17.3 Å². The van der Waals surface area contributed by atoms with Crippen molar-refractivity contribution >= 4 is 40.6 Å². The molecule has 0 amide bonds. The molecule has 1 aliphatic rings. The van der Waals surface area contributed by atoms with E-state index in [2.05, 4.69) is 0 Å². The van der Waals surface area contributed by atoms with E-state index in [1.807, 2.05) is 41.9 Å². The van der Waals surface area contributed by atoms with Crippen LogP contribution in [0.25, 0.3) is 0 Å². The number of ketones is 1. The topological polar surface area (TPSA) is 17.1 Å². The number of Topliss-reactive ketones (excluding diaryl/α,β-unsaturated/α-hetero) is 1. The van der Waals surface area contributed by atoms with Crippen LogP contribution in [-0.4, -0.2) is 28.3 Å². The molecule has 0 saturated carbocycles. The van der Waals surface area contributed by atoms with Crippen LogP contribution in [0.4, 0.5) is 0 Å². The number of aryl methyl sites for hydroxylation is 1. The number of rotatable bonds is 2. The third-order valence-electron chi connectivity index (χ3n) is 2.12. The standard InChI is InChI=1S/C10H12OS3/c1-7-4-8(5-14-7)10(11)9-6-12-2-3-13-9/h4-5,9H,2-3,6H2,1H3. The highest BCUT2D eigenvalue weighted by atomic mass is 32.2. The Bertz CT molecular complexity index is 326. The van der Waals surface area contributed by atoms with Gasteiger partial charge in [-0.25, -0.2) is 0 Å². The second-order valence-corrected chi connectivity index (χ2v) is 6.82. The highest BCUT2D eigenvalue weighted by Gasteiger charge is 2.23. The molecule has 1 aromatic rings. The van der Waals surface area contributed by atoms with Gasteiger partial charge in [0.1, 0.15) is 0 Å². The van der Waals surface area contributed by atoms with Crippen molar-refractivity contribution in [2.45, 2.75) is 12.2 Å². The maximum atomic E-state index is 12.0. The summed E-state index contributed by atoms with van der Waals surface area (Å²) in [5, 5.41) is 2.18. The second kappa shape index (κ2) is 4.73. The third kappa shape index (κ3) is 2.35. The average molecular weight is 244 g/mol. The van der Waals surface area contributed by atoms with E-state index in [-0.39, 0.29) is 5.25 Å². The molecule has 1 atom stereocenters. The van der Waals surface area contributed by atoms with E-state index >= 15 is 0 Å². The van der Waals surface area contributed by atoms with Gasteiger partial charge in [-0.05, 0) is 13.0 Å². The van der Waals surface area contributed by atoms with Crippen molar-refractivity contribution in [3.8, 4) is 0 Å². The molecule has 2 rings (SSSR count). The van der Waals surface area contributed by atoms with Crippen molar-refractivity contribution in [3.05, 3.63) is 21.9 Å². The summed E-state index contributed by atoms with van der Waals surface area (Å²) in [7, 11) is 0. The molecule has 14 heavy (non-hydrogen) atoms. The molecule has 1 aliphatic heterocycles. The van der Waals surface area contributed by atoms with Gasteiger partial charge in [0, 0.05) is 33.1 Å². The zero-order chi connectivity index (χ0) is 9.97. The molecule has 76 valence electrons. The van der Waals surface area contributed by atoms with Crippen molar-refractivity contribution in [1.29, 1.82) is 0 Å². The zero-order valence-corrected chi connectivity index (χ0v) is 10.4. The molecule has 0 radical (unpaired) electrons. The number of carbonyl (C=O) groups is 1. The minimum atomic E-state index is 0.197. The fourth-order valence-corrected chi connectivity index (χ4v) is 4.72. The average Bonchev–Trinajstić information content (AvgIpc) is 2.65. The van der Waals surface area contributed by atoms with Crippen LogP contribution in [0.2, 0.25) is 0 Å². The number of thiophene rings is 1. The molecule has 1 fully saturated rings. The van der Waals surface area contributed by atoms with Crippen LogP contribution in [0.15, 0.2) is 11.4 Å². The lowest BCUT2D eigenvalue weighted by Gasteiger charge is -2.18. The van der Waals surface area contributed by atoms with Crippen LogP contribution >= 0.6 is 34.9 Å². The van der Waals surface area contributed by atoms with E-state index in [1.54, 1.807) is 11.3 Å². The van der Waals surface area contributed by atoms with E-state index in [1.165, 1.54) is 10.6 Å². The van der Waals surface area contributed by atoms with Gasteiger partial charge in [-0.15, -0.1) is 23.1 Å². The maximum Gasteiger partial charge on any atom is 0.177 e. The highest BCUT2D eigenvalue weighted by molar-refractivity contribution is 8.07. The van der Waals surface area contributed by atoms with E-state index in [0.29, 0.717) is 5.78 Å². The fraction of sp³-hybridized carbons (Fsp3) is 0.500. The Morgan fingerprint density at radius 1 is 1.50 bits per heavy atom. The molecule has 1 unspecified atom stereocenters. The summed E-state index contributed by atoms with van der Waals surface area (Å²) >= 11 is 5.36. The molecule has 1 aromatic heterocycles. The van der Waals surface area contributed by atoms with Crippen molar-refractivity contribution in [1.82, 2.24) is 0 Å². The van der Waals surface area contributed by atoms with Gasteiger partial charge in [0.15, 0.2) is 5.78 Å². The Morgan fingerprint density at radius 3 is 2.93 bits per heavy atom. The van der Waals surface area contributed by atoms with E-state index in [0.717, 1.165) is 17.1 Å². The number of thioether (sulfide) groups is 2. The first-order valence-corrected chi connectivity index (χ1v) is 7.64. The molecule has 1 saturated heterocycles. The summed E-state index contributed by atoms with van der Waals surface area (Å²) < 4.78 is 0. The summed E-state index contributed by atoms with van der Waals surface area (Å²) in [6, 6.07) is 2.01. The molecule has 2 heterocycles. The highest BCUT2D eigenvalue weighted by Crippen LogP contribution is 2.28. The van der Waals surface area contributed by atoms with Crippen molar-refractivity contribution < 1.29 is 4.79 Å². The molecule has 0 aromatic carbocycles. The molecule has 0 spiro atoms. The number of hydrogen-bond donors (Lipinski definition) is 0. The van der Waals surface area contributed by atoms with Crippen molar-refractivity contribution in [3.63, 3.8) is 0 Å². The van der Waals surface area contributed by atoms with E-state index in [9.17, 15) is 4.79 Å². The molecule has 1 nitrogen and oxygen atoms in total. The Kier molecular flexibility index (Phi) is 3.57. The first-order valence-electron chi connectivity index (χ1n) is 4.56. The predicted molar refractivity (Wildman–Crippen MR) is 67.0 cm³/mol. The van der Waals surface area contributed by atoms with Gasteiger partial charge in [0.05, 0.1) is 5.25 Å². The number of hydrogen-bond acceptors (Lipinski definition) is 4. The molecular weight excluding hydrogens is 232 g/mol. The fourth-order valence-electron chi connectivity index (χ4n) is 1.40. The lowest BCUT2D eigenvalue weighted by atomic mass is 10.1. The lowest BCUT2D eigenvalue weighted by Crippen LogP contribution is -2.23. The van der Waals surface area contributed by atoms with Crippen molar-refractivity contribution in [2.24, 2.45) is 0 Å². The lowest BCUT2D eigenvalue weighted by molar-refractivity contribution is 0.0995. The largest absolute Gasteiger partial charge is 0.293 e. The normalized spacial score (nSPS) is 22.2. The van der Waals surface area contributed by atoms with Crippen LogP contribution in [-0.2, 0) is 0 Å². The first kappa shape index (κ1) is 10.6. The summed E-state index contributed by atoms with van der Waals surface area (Å²) in [4.78, 5) is 13.2. The Labute approximate surface area is 96.7 Å². The van der Waals surface area contributed by atoms with Gasteiger partial charge in [0.2, 0.25) is 0 Å². The monoisotopic (exact) mass is 244 g/mol. The van der Waals surface area contributed by atoms with E-state index in [4.69, 9.17) is 0 Å². The number of carbonyl (C=O) groups excluding carboxylic acids is 1. The van der Waals surface area contributed by atoms with Gasteiger partial charge in [-0.1, -0.05) is 0 Å². The molecular formula is C10H12OS3. The van der Waals surface area contributed by atoms with Crippen LogP contribution in [0.3, 0.4) is 0 Å². The van der Waals surface area contributed by atoms with E-state index < -0.39 is 0 Å². The molecule has 0 bridgehead atoms.